The van der Waals surface area contributed by atoms with Crippen molar-refractivity contribution in [3.63, 3.8) is 0 Å². The fraction of sp³-hybridized carbons (Fsp3) is 0.579. The Kier molecular flexibility index (Phi) is 4.14. The van der Waals surface area contributed by atoms with Gasteiger partial charge >= 0.3 is 6.03 Å². The van der Waals surface area contributed by atoms with Crippen molar-refractivity contribution in [2.75, 3.05) is 45.2 Å². The van der Waals surface area contributed by atoms with Gasteiger partial charge in [0.25, 0.3) is 5.91 Å². The lowest BCUT2D eigenvalue weighted by atomic mass is 9.85. The predicted octanol–water partition coefficient (Wildman–Crippen LogP) is 1.76. The van der Waals surface area contributed by atoms with E-state index in [-0.39, 0.29) is 17.8 Å². The molecule has 3 aliphatic heterocycles. The number of halogens is 1. The van der Waals surface area contributed by atoms with E-state index in [9.17, 15) is 14.0 Å². The minimum absolute atomic E-state index is 0.0657. The smallest absolute Gasteiger partial charge is 0.327 e. The van der Waals surface area contributed by atoms with Crippen LogP contribution >= 0.6 is 0 Å². The Morgan fingerprint density at radius 1 is 1.04 bits per heavy atom. The first-order valence-corrected chi connectivity index (χ1v) is 9.23. The highest BCUT2D eigenvalue weighted by atomic mass is 19.1. The molecule has 1 spiro atoms. The number of carbonyl (C=O) groups is 2. The molecule has 0 saturated carbocycles. The van der Waals surface area contributed by atoms with E-state index in [1.165, 1.54) is 17.0 Å². The zero-order valence-electron chi connectivity index (χ0n) is 15.3. The number of amides is 3. The lowest BCUT2D eigenvalue weighted by molar-refractivity contribution is -0.134. The van der Waals surface area contributed by atoms with Crippen LogP contribution in [0.5, 0.6) is 0 Å². The number of likely N-dealkylation sites (N-methyl/N-ethyl adjacent to an activating group) is 2. The van der Waals surface area contributed by atoms with Crippen molar-refractivity contribution in [3.8, 4) is 0 Å². The largest absolute Gasteiger partial charge is 0.370 e. The normalized spacial score (nSPS) is 26.4. The monoisotopic (exact) mass is 360 g/mol. The van der Waals surface area contributed by atoms with Crippen LogP contribution in [0.3, 0.4) is 0 Å². The molecule has 1 aromatic carbocycles. The van der Waals surface area contributed by atoms with E-state index in [0.29, 0.717) is 18.9 Å². The van der Waals surface area contributed by atoms with Crippen LogP contribution in [0.1, 0.15) is 19.3 Å². The topological polar surface area (TPSA) is 47.1 Å². The van der Waals surface area contributed by atoms with Gasteiger partial charge in [0.05, 0.1) is 0 Å². The van der Waals surface area contributed by atoms with Crippen molar-refractivity contribution >= 4 is 17.6 Å². The Bertz CT molecular complexity index is 715. The molecule has 0 bridgehead atoms. The van der Waals surface area contributed by atoms with Gasteiger partial charge in [-0.2, -0.15) is 0 Å². The molecule has 7 heteroatoms. The van der Waals surface area contributed by atoms with Gasteiger partial charge in [-0.1, -0.05) is 0 Å². The Labute approximate surface area is 153 Å². The molecule has 0 aromatic heterocycles. The zero-order chi connectivity index (χ0) is 18.5. The van der Waals surface area contributed by atoms with Gasteiger partial charge in [-0.05, 0) is 43.5 Å². The van der Waals surface area contributed by atoms with Gasteiger partial charge in [-0.15, -0.1) is 0 Å². The molecule has 140 valence electrons. The van der Waals surface area contributed by atoms with E-state index >= 15 is 0 Å². The lowest BCUT2D eigenvalue weighted by Gasteiger charge is -2.42. The summed E-state index contributed by atoms with van der Waals surface area (Å²) < 4.78 is 13.1. The van der Waals surface area contributed by atoms with Gasteiger partial charge in [0.2, 0.25) is 0 Å². The Balaban J connectivity index is 1.39. The van der Waals surface area contributed by atoms with Crippen molar-refractivity contribution in [2.45, 2.75) is 30.8 Å². The van der Waals surface area contributed by atoms with Crippen LogP contribution in [0, 0.1) is 5.82 Å². The number of imide groups is 1. The minimum atomic E-state index is -0.655. The summed E-state index contributed by atoms with van der Waals surface area (Å²) in [4.78, 5) is 32.4. The van der Waals surface area contributed by atoms with E-state index in [1.807, 2.05) is 12.1 Å². The van der Waals surface area contributed by atoms with Gasteiger partial charge in [-0.3, -0.25) is 14.6 Å². The standard InChI is InChI=1S/C19H25FN4O2/c1-21-17(25)19(22(2)18(21)26)8-11-23(12-9-19)16-7-10-24(13-16)15-5-3-14(20)4-6-15/h3-6,16H,7-13H2,1-2H3/t16-/m1/s1. The summed E-state index contributed by atoms with van der Waals surface area (Å²) in [5.74, 6) is -0.278. The second-order valence-corrected chi connectivity index (χ2v) is 7.64. The minimum Gasteiger partial charge on any atom is -0.370 e. The predicted molar refractivity (Wildman–Crippen MR) is 96.5 cm³/mol. The van der Waals surface area contributed by atoms with Crippen LogP contribution in [0.4, 0.5) is 14.9 Å². The average Bonchev–Trinajstić information content (AvgIpc) is 3.20. The highest BCUT2D eigenvalue weighted by molar-refractivity contribution is 6.06. The van der Waals surface area contributed by atoms with Crippen LogP contribution in [0.15, 0.2) is 24.3 Å². The van der Waals surface area contributed by atoms with E-state index in [1.54, 1.807) is 19.0 Å². The van der Waals surface area contributed by atoms with Crippen molar-refractivity contribution < 1.29 is 14.0 Å². The number of anilines is 1. The van der Waals surface area contributed by atoms with Crippen LogP contribution in [0.25, 0.3) is 0 Å². The molecule has 6 nitrogen and oxygen atoms in total. The maximum absolute atomic E-state index is 13.1. The second-order valence-electron chi connectivity index (χ2n) is 7.64. The van der Waals surface area contributed by atoms with Crippen LogP contribution in [-0.2, 0) is 4.79 Å². The van der Waals surface area contributed by atoms with E-state index in [2.05, 4.69) is 9.80 Å². The van der Waals surface area contributed by atoms with Crippen molar-refractivity contribution in [2.24, 2.45) is 0 Å². The number of urea groups is 1. The Morgan fingerprint density at radius 3 is 2.27 bits per heavy atom. The molecule has 4 rings (SSSR count). The molecule has 1 atom stereocenters. The van der Waals surface area contributed by atoms with Crippen molar-refractivity contribution in [3.05, 3.63) is 30.1 Å². The first kappa shape index (κ1) is 17.3. The van der Waals surface area contributed by atoms with Gasteiger partial charge in [0.15, 0.2) is 0 Å². The van der Waals surface area contributed by atoms with Crippen LogP contribution in [-0.4, -0.2) is 78.5 Å². The third-order valence-corrected chi connectivity index (χ3v) is 6.42. The fourth-order valence-corrected chi connectivity index (χ4v) is 4.69. The molecule has 3 saturated heterocycles. The second kappa shape index (κ2) is 6.23. The highest BCUT2D eigenvalue weighted by Gasteiger charge is 2.55. The molecule has 1 aromatic rings. The number of piperidine rings is 1. The summed E-state index contributed by atoms with van der Waals surface area (Å²) in [6.45, 7) is 3.51. The first-order valence-electron chi connectivity index (χ1n) is 9.23. The summed E-state index contributed by atoms with van der Waals surface area (Å²) in [6, 6.07) is 6.90. The number of carbonyl (C=O) groups excluding carboxylic acids is 2. The fourth-order valence-electron chi connectivity index (χ4n) is 4.69. The number of benzene rings is 1. The molecule has 3 aliphatic rings. The SMILES string of the molecule is CN1C(=O)N(C)C2(CCN([C@@H]3CCN(c4ccc(F)cc4)C3)CC2)C1=O. The number of nitrogens with zero attached hydrogens (tertiary/aromatic N) is 4. The Hall–Kier alpha value is -2.15. The molecule has 26 heavy (non-hydrogen) atoms. The van der Waals surface area contributed by atoms with Gasteiger partial charge < -0.3 is 9.80 Å². The average molecular weight is 360 g/mol. The third-order valence-electron chi connectivity index (χ3n) is 6.42. The number of hydrogen-bond acceptors (Lipinski definition) is 4. The summed E-state index contributed by atoms with van der Waals surface area (Å²) in [6.07, 6.45) is 2.43. The zero-order valence-corrected chi connectivity index (χ0v) is 15.3. The van der Waals surface area contributed by atoms with Crippen LogP contribution in [0.2, 0.25) is 0 Å². The molecule has 0 N–H and O–H groups in total. The maximum Gasteiger partial charge on any atom is 0.327 e. The van der Waals surface area contributed by atoms with Gasteiger partial charge in [-0.25, -0.2) is 9.18 Å². The van der Waals surface area contributed by atoms with E-state index in [4.69, 9.17) is 0 Å². The van der Waals surface area contributed by atoms with Crippen molar-refractivity contribution in [1.82, 2.24) is 14.7 Å². The summed E-state index contributed by atoms with van der Waals surface area (Å²) >= 11 is 0. The first-order chi connectivity index (χ1) is 12.4. The van der Waals surface area contributed by atoms with E-state index < -0.39 is 5.54 Å². The third kappa shape index (κ3) is 2.57. The molecule has 3 fully saturated rings. The highest BCUT2D eigenvalue weighted by Crippen LogP contribution is 2.37. The van der Waals surface area contributed by atoms with E-state index in [0.717, 1.165) is 38.3 Å². The molecular weight excluding hydrogens is 335 g/mol. The summed E-state index contributed by atoms with van der Waals surface area (Å²) in [7, 11) is 3.31. The summed E-state index contributed by atoms with van der Waals surface area (Å²) in [5.41, 5.74) is 0.401. The molecule has 0 radical (unpaired) electrons. The molecule has 0 unspecified atom stereocenters. The van der Waals surface area contributed by atoms with Gasteiger partial charge in [0.1, 0.15) is 11.4 Å². The van der Waals surface area contributed by atoms with Crippen molar-refractivity contribution in [1.29, 1.82) is 0 Å². The summed E-state index contributed by atoms with van der Waals surface area (Å²) in [5, 5.41) is 0. The lowest BCUT2D eigenvalue weighted by Crippen LogP contribution is -2.57. The Morgan fingerprint density at radius 2 is 1.69 bits per heavy atom. The quantitative estimate of drug-likeness (QED) is 0.754. The van der Waals surface area contributed by atoms with Crippen LogP contribution < -0.4 is 4.90 Å². The van der Waals surface area contributed by atoms with Gasteiger partial charge in [0, 0.05) is 52.0 Å². The number of hydrogen-bond donors (Lipinski definition) is 0. The number of rotatable bonds is 2. The molecule has 3 heterocycles. The molecular formula is C19H25FN4O2. The number of likely N-dealkylation sites (tertiary alicyclic amines) is 1. The molecule has 0 aliphatic carbocycles. The maximum atomic E-state index is 13.1. The molecule has 3 amide bonds.